The number of hydrogen-bond acceptors (Lipinski definition) is 3. The van der Waals surface area contributed by atoms with E-state index in [4.69, 9.17) is 0 Å². The van der Waals surface area contributed by atoms with Crippen LogP contribution in [-0.2, 0) is 16.0 Å². The van der Waals surface area contributed by atoms with Crippen LogP contribution in [0.3, 0.4) is 0 Å². The number of para-hydroxylation sites is 1. The third kappa shape index (κ3) is 4.21. The molecule has 0 saturated heterocycles. The van der Waals surface area contributed by atoms with Gasteiger partial charge in [0.25, 0.3) is 0 Å². The topological polar surface area (TPSA) is 62.9 Å². The molecular weight excluding hydrogens is 449 g/mol. The summed E-state index contributed by atoms with van der Waals surface area (Å²) in [4.78, 5) is -0.477. The minimum absolute atomic E-state index is 0.00604. The summed E-state index contributed by atoms with van der Waals surface area (Å²) in [6.07, 6.45) is -0.629. The predicted molar refractivity (Wildman–Crippen MR) is 119 cm³/mol. The second kappa shape index (κ2) is 8.56. The lowest BCUT2D eigenvalue weighted by atomic mass is 9.82. The first-order valence-electron chi connectivity index (χ1n) is 10.5. The third-order valence-corrected chi connectivity index (χ3v) is 7.71. The van der Waals surface area contributed by atoms with Crippen molar-refractivity contribution in [2.45, 2.75) is 43.2 Å². The lowest BCUT2D eigenvalue weighted by Crippen LogP contribution is -2.17. The Morgan fingerprint density at radius 2 is 1.73 bits per heavy atom. The van der Waals surface area contributed by atoms with Crippen LogP contribution in [-0.4, -0.2) is 13.0 Å². The Balaban J connectivity index is 1.91. The Morgan fingerprint density at radius 1 is 1.09 bits per heavy atom. The molecule has 33 heavy (non-hydrogen) atoms. The number of nitriles is 1. The number of aromatic nitrogens is 1. The average molecular weight is 471 g/mol. The molecule has 0 N–H and O–H groups in total. The lowest BCUT2D eigenvalue weighted by molar-refractivity contribution is -0.137. The van der Waals surface area contributed by atoms with Crippen molar-refractivity contribution >= 4 is 15.9 Å². The highest BCUT2D eigenvalue weighted by molar-refractivity contribution is 7.95. The predicted octanol–water partition coefficient (Wildman–Crippen LogP) is 6.41. The van der Waals surface area contributed by atoms with Gasteiger partial charge in [0, 0.05) is 11.4 Å². The van der Waals surface area contributed by atoms with Crippen molar-refractivity contribution in [1.29, 1.82) is 5.26 Å². The summed E-state index contributed by atoms with van der Waals surface area (Å²) in [5, 5.41) is 9.63. The molecule has 1 aliphatic rings. The van der Waals surface area contributed by atoms with Crippen molar-refractivity contribution < 1.29 is 21.6 Å². The highest BCUT2D eigenvalue weighted by atomic mass is 32.2. The standard InChI is InChI=1S/C25H21F3N2O2S/c1-17-19(14-21(16-29)33(31,32)20-10-3-2-4-11-20)15-24(18-8-7-9-18)30(17)23-13-6-5-12-22(23)25(26,27)28/h2-6,10-15,18H,7-9H2,1H3/b21-14+. The second-order valence-corrected chi connectivity index (χ2v) is 9.94. The quantitative estimate of drug-likeness (QED) is 0.405. The summed E-state index contributed by atoms with van der Waals surface area (Å²) in [5.41, 5.74) is 0.774. The molecule has 0 unspecified atom stereocenters. The summed E-state index contributed by atoms with van der Waals surface area (Å²) in [7, 11) is -4.07. The smallest absolute Gasteiger partial charge is 0.317 e. The molecule has 4 nitrogen and oxygen atoms in total. The third-order valence-electron chi connectivity index (χ3n) is 6.03. The van der Waals surface area contributed by atoms with E-state index in [2.05, 4.69) is 0 Å². The van der Waals surface area contributed by atoms with Gasteiger partial charge >= 0.3 is 6.18 Å². The minimum Gasteiger partial charge on any atom is -0.317 e. The number of nitrogens with zero attached hydrogens (tertiary/aromatic N) is 2. The number of sulfone groups is 1. The normalized spacial score (nSPS) is 15.2. The maximum Gasteiger partial charge on any atom is 0.418 e. The fourth-order valence-electron chi connectivity index (χ4n) is 4.07. The molecule has 0 spiro atoms. The van der Waals surface area contributed by atoms with Crippen LogP contribution in [0.5, 0.6) is 0 Å². The van der Waals surface area contributed by atoms with Crippen LogP contribution in [0.2, 0.25) is 0 Å². The van der Waals surface area contributed by atoms with Crippen molar-refractivity contribution in [2.75, 3.05) is 0 Å². The molecule has 2 aromatic carbocycles. The van der Waals surface area contributed by atoms with E-state index < -0.39 is 26.5 Å². The molecule has 0 aliphatic heterocycles. The summed E-state index contributed by atoms with van der Waals surface area (Å²) in [6.45, 7) is 1.64. The van der Waals surface area contributed by atoms with E-state index >= 15 is 0 Å². The van der Waals surface area contributed by atoms with Gasteiger partial charge in [0.2, 0.25) is 9.84 Å². The first-order valence-corrected chi connectivity index (χ1v) is 11.9. The van der Waals surface area contributed by atoms with Crippen LogP contribution in [0, 0.1) is 18.3 Å². The van der Waals surface area contributed by atoms with E-state index in [1.165, 1.54) is 30.3 Å². The van der Waals surface area contributed by atoms with Gasteiger partial charge in [-0.3, -0.25) is 0 Å². The van der Waals surface area contributed by atoms with Gasteiger partial charge in [0.05, 0.1) is 16.1 Å². The van der Waals surface area contributed by atoms with Crippen molar-refractivity contribution in [3.63, 3.8) is 0 Å². The van der Waals surface area contributed by atoms with Crippen LogP contribution in [0.25, 0.3) is 11.8 Å². The van der Waals surface area contributed by atoms with Crippen molar-refractivity contribution in [2.24, 2.45) is 0 Å². The van der Waals surface area contributed by atoms with Gasteiger partial charge in [-0.15, -0.1) is 0 Å². The molecule has 1 heterocycles. The molecule has 1 aromatic heterocycles. The highest BCUT2D eigenvalue weighted by Gasteiger charge is 2.35. The Bertz CT molecular complexity index is 1360. The summed E-state index contributed by atoms with van der Waals surface area (Å²) in [5.74, 6) is 0.0726. The second-order valence-electron chi connectivity index (χ2n) is 8.02. The maximum atomic E-state index is 13.8. The molecule has 170 valence electrons. The van der Waals surface area contributed by atoms with E-state index in [0.29, 0.717) is 17.0 Å². The molecule has 1 saturated carbocycles. The minimum atomic E-state index is -4.55. The molecule has 4 rings (SSSR count). The Labute approximate surface area is 190 Å². The van der Waals surface area contributed by atoms with Gasteiger partial charge < -0.3 is 4.57 Å². The van der Waals surface area contributed by atoms with Gasteiger partial charge in [-0.25, -0.2) is 8.42 Å². The fraction of sp³-hybridized carbons (Fsp3) is 0.240. The first kappa shape index (κ1) is 22.9. The fourth-order valence-corrected chi connectivity index (χ4v) is 5.24. The summed E-state index contributed by atoms with van der Waals surface area (Å²) in [6, 6.07) is 16.4. The largest absolute Gasteiger partial charge is 0.418 e. The molecule has 1 aliphatic carbocycles. The monoisotopic (exact) mass is 470 g/mol. The number of hydrogen-bond donors (Lipinski definition) is 0. The number of allylic oxidation sites excluding steroid dienone is 1. The van der Waals surface area contributed by atoms with Crippen molar-refractivity contribution in [3.05, 3.63) is 88.1 Å². The maximum absolute atomic E-state index is 13.8. The van der Waals surface area contributed by atoms with Crippen LogP contribution < -0.4 is 0 Å². The summed E-state index contributed by atoms with van der Waals surface area (Å²) < 4.78 is 68.8. The SMILES string of the molecule is Cc1c(/C=C(\C#N)S(=O)(=O)c2ccccc2)cc(C2CCC2)n1-c1ccccc1C(F)(F)F. The Kier molecular flexibility index (Phi) is 5.93. The number of benzene rings is 2. The van der Waals surface area contributed by atoms with Crippen LogP contribution in [0.15, 0.2) is 70.5 Å². The van der Waals surface area contributed by atoms with Crippen LogP contribution in [0.4, 0.5) is 13.2 Å². The zero-order valence-electron chi connectivity index (χ0n) is 17.8. The van der Waals surface area contributed by atoms with Gasteiger partial charge in [-0.2, -0.15) is 18.4 Å². The van der Waals surface area contributed by atoms with E-state index in [-0.39, 0.29) is 16.5 Å². The molecule has 0 atom stereocenters. The van der Waals surface area contributed by atoms with Gasteiger partial charge in [0.15, 0.2) is 0 Å². The van der Waals surface area contributed by atoms with E-state index in [1.807, 2.05) is 0 Å². The van der Waals surface area contributed by atoms with Crippen LogP contribution in [0.1, 0.15) is 47.7 Å². The molecule has 1 fully saturated rings. The van der Waals surface area contributed by atoms with Gasteiger partial charge in [0.1, 0.15) is 11.0 Å². The van der Waals surface area contributed by atoms with E-state index in [9.17, 15) is 26.9 Å². The molecule has 8 heteroatoms. The summed E-state index contributed by atoms with van der Waals surface area (Å²) >= 11 is 0. The molecule has 3 aromatic rings. The van der Waals surface area contributed by atoms with Crippen molar-refractivity contribution in [1.82, 2.24) is 4.57 Å². The molecule has 0 amide bonds. The number of rotatable bonds is 5. The Hall–Kier alpha value is -3.31. The molecule has 0 bridgehead atoms. The van der Waals surface area contributed by atoms with Crippen molar-refractivity contribution in [3.8, 4) is 11.8 Å². The van der Waals surface area contributed by atoms with E-state index in [1.54, 1.807) is 47.9 Å². The highest BCUT2D eigenvalue weighted by Crippen LogP contribution is 2.42. The average Bonchev–Trinajstić information content (AvgIpc) is 3.05. The Morgan fingerprint density at radius 3 is 2.30 bits per heavy atom. The van der Waals surface area contributed by atoms with E-state index in [0.717, 1.165) is 25.3 Å². The van der Waals surface area contributed by atoms with Gasteiger partial charge in [-0.05, 0) is 67.7 Å². The number of alkyl halides is 3. The zero-order valence-corrected chi connectivity index (χ0v) is 18.6. The molecular formula is C25H21F3N2O2S. The lowest BCUT2D eigenvalue weighted by Gasteiger charge is -2.28. The van der Waals surface area contributed by atoms with Gasteiger partial charge in [-0.1, -0.05) is 36.8 Å². The molecule has 0 radical (unpaired) electrons. The first-order chi connectivity index (χ1) is 15.6. The number of halogens is 3. The van der Waals surface area contributed by atoms with Crippen LogP contribution >= 0.6 is 0 Å². The zero-order chi connectivity index (χ0) is 23.8.